The summed E-state index contributed by atoms with van der Waals surface area (Å²) in [4.78, 5) is 9.11. The van der Waals surface area contributed by atoms with E-state index in [0.717, 1.165) is 55.6 Å². The lowest BCUT2D eigenvalue weighted by molar-refractivity contribution is 0.121. The molecule has 0 aromatic heterocycles. The quantitative estimate of drug-likeness (QED) is 0.120. The van der Waals surface area contributed by atoms with Crippen LogP contribution in [0, 0.1) is 41.5 Å². The molecular weight excluding hydrogens is 1120 g/mol. The molecule has 0 unspecified atom stereocenters. The molecule has 0 atom stereocenters. The lowest BCUT2D eigenvalue weighted by Gasteiger charge is -2.35. The normalized spacial score (nSPS) is 15.2. The predicted molar refractivity (Wildman–Crippen MR) is 375 cm³/mol. The number of rotatable bonds is 12. The van der Waals surface area contributed by atoms with Crippen LogP contribution in [0.4, 0.5) is 11.4 Å². The molecule has 470 valence electrons. The summed E-state index contributed by atoms with van der Waals surface area (Å²) in [6.07, 6.45) is 0.944. The van der Waals surface area contributed by atoms with Crippen LogP contribution in [0.5, 0.6) is 23.0 Å². The summed E-state index contributed by atoms with van der Waals surface area (Å²) in [6, 6.07) is 63.4. The Labute approximate surface area is 543 Å². The molecule has 0 radical (unpaired) electrons. The van der Waals surface area contributed by atoms with E-state index in [2.05, 4.69) is 300 Å². The van der Waals surface area contributed by atoms with Gasteiger partial charge in [0.05, 0.1) is 0 Å². The fourth-order valence-corrected chi connectivity index (χ4v) is 14.3. The third kappa shape index (κ3) is 12.8. The second-order valence-corrected chi connectivity index (χ2v) is 28.9. The molecule has 8 heteroatoms. The molecule has 0 fully saturated rings. The summed E-state index contributed by atoms with van der Waals surface area (Å²) in [7, 11) is 4.20. The first-order valence-electron chi connectivity index (χ1n) is 32.7. The van der Waals surface area contributed by atoms with E-state index in [9.17, 15) is 0 Å². The van der Waals surface area contributed by atoms with Gasteiger partial charge in [0.1, 0.15) is 36.5 Å². The summed E-state index contributed by atoms with van der Waals surface area (Å²) in [5.41, 5.74) is 28.0. The number of hydrogen-bond donors (Lipinski definition) is 0. The van der Waals surface area contributed by atoms with Crippen LogP contribution in [0.25, 0.3) is 0 Å². The highest BCUT2D eigenvalue weighted by atomic mass is 16.5. The van der Waals surface area contributed by atoms with Crippen molar-refractivity contribution in [2.45, 2.75) is 151 Å². The van der Waals surface area contributed by atoms with Gasteiger partial charge in [0, 0.05) is 81.5 Å². The van der Waals surface area contributed by atoms with Crippen molar-refractivity contribution in [3.8, 4) is 23.0 Å². The van der Waals surface area contributed by atoms with Crippen LogP contribution in [0.1, 0.15) is 167 Å². The fourth-order valence-electron chi connectivity index (χ4n) is 14.3. The van der Waals surface area contributed by atoms with E-state index in [1.165, 1.54) is 123 Å². The molecule has 4 heterocycles. The Morgan fingerprint density at radius 1 is 0.330 bits per heavy atom. The Balaban J connectivity index is 0.000000181. The van der Waals surface area contributed by atoms with Crippen molar-refractivity contribution in [2.24, 2.45) is 0 Å². The SMILES string of the molecule is Cc1cc(Cc2cc(C)c(N3COc4ccc(C(C)(C)c5cccc(C(C)(C)c6ccc7c(c6)CN(C)CO7)c5)cc4C3)c(C)c2)cc(C)c1C.Cc1cccc(N2COc3ccc(C(C)(C)c4cccc(C(C)(C)c5ccc6c(c5)CN(C)CO6)c4)cc3C2)c1. The van der Waals surface area contributed by atoms with Gasteiger partial charge in [-0.1, -0.05) is 165 Å². The Morgan fingerprint density at radius 3 is 1.05 bits per heavy atom. The average molecular weight is 1210 g/mol. The number of benzene rings is 9. The van der Waals surface area contributed by atoms with Gasteiger partial charge in [0.25, 0.3) is 0 Å². The smallest absolute Gasteiger partial charge is 0.161 e. The van der Waals surface area contributed by atoms with E-state index in [1.54, 1.807) is 0 Å². The Bertz CT molecular complexity index is 4160. The molecule has 0 aliphatic carbocycles. The topological polar surface area (TPSA) is 49.9 Å². The second-order valence-electron chi connectivity index (χ2n) is 28.9. The van der Waals surface area contributed by atoms with E-state index in [0.29, 0.717) is 26.9 Å². The summed E-state index contributed by atoms with van der Waals surface area (Å²) in [5, 5.41) is 0. The molecule has 0 saturated carbocycles. The van der Waals surface area contributed by atoms with E-state index in [1.807, 2.05) is 0 Å². The average Bonchev–Trinajstić information content (AvgIpc) is 0.863. The first-order chi connectivity index (χ1) is 43.3. The van der Waals surface area contributed by atoms with Gasteiger partial charge in [0.15, 0.2) is 13.5 Å². The number of ether oxygens (including phenoxy) is 4. The zero-order chi connectivity index (χ0) is 64.3. The Morgan fingerprint density at radius 2 is 0.659 bits per heavy atom. The Kier molecular flexibility index (Phi) is 17.1. The molecule has 4 aliphatic heterocycles. The van der Waals surface area contributed by atoms with Gasteiger partial charge >= 0.3 is 0 Å². The maximum absolute atomic E-state index is 6.41. The third-order valence-electron chi connectivity index (χ3n) is 20.6. The highest BCUT2D eigenvalue weighted by molar-refractivity contribution is 5.63. The highest BCUT2D eigenvalue weighted by Crippen LogP contribution is 2.44. The Hall–Kier alpha value is -8.30. The van der Waals surface area contributed by atoms with Gasteiger partial charge < -0.3 is 28.7 Å². The van der Waals surface area contributed by atoms with Gasteiger partial charge in [0.2, 0.25) is 0 Å². The van der Waals surface area contributed by atoms with Crippen LogP contribution in [0.3, 0.4) is 0 Å². The predicted octanol–water partition coefficient (Wildman–Crippen LogP) is 18.4. The molecule has 9 aromatic rings. The first-order valence-corrected chi connectivity index (χ1v) is 32.7. The summed E-state index contributed by atoms with van der Waals surface area (Å²) < 4.78 is 24.5. The van der Waals surface area contributed by atoms with Crippen LogP contribution in [0.2, 0.25) is 0 Å². The summed E-state index contributed by atoms with van der Waals surface area (Å²) >= 11 is 0. The van der Waals surface area contributed by atoms with E-state index < -0.39 is 0 Å². The van der Waals surface area contributed by atoms with Crippen molar-refractivity contribution in [1.82, 2.24) is 9.80 Å². The molecule has 0 bridgehead atoms. The lowest BCUT2D eigenvalue weighted by atomic mass is 9.73. The van der Waals surface area contributed by atoms with Crippen molar-refractivity contribution in [3.05, 3.63) is 281 Å². The van der Waals surface area contributed by atoms with Crippen molar-refractivity contribution in [2.75, 3.05) is 50.8 Å². The molecule has 9 aromatic carbocycles. The van der Waals surface area contributed by atoms with Crippen molar-refractivity contribution in [3.63, 3.8) is 0 Å². The van der Waals surface area contributed by atoms with Gasteiger partial charge in [-0.25, -0.2) is 0 Å². The molecule has 13 rings (SSSR count). The number of anilines is 2. The molecule has 0 saturated heterocycles. The van der Waals surface area contributed by atoms with Crippen LogP contribution in [-0.4, -0.2) is 50.8 Å². The molecule has 4 aliphatic rings. The summed E-state index contributed by atoms with van der Waals surface area (Å²) in [6.45, 7) is 37.8. The van der Waals surface area contributed by atoms with Gasteiger partial charge in [-0.15, -0.1) is 0 Å². The fraction of sp³-hybridized carbons (Fsp3) is 0.349. The largest absolute Gasteiger partial charge is 0.478 e. The van der Waals surface area contributed by atoms with E-state index in [-0.39, 0.29) is 21.7 Å². The minimum atomic E-state index is -0.198. The highest BCUT2D eigenvalue weighted by Gasteiger charge is 2.33. The monoisotopic (exact) mass is 1210 g/mol. The van der Waals surface area contributed by atoms with Gasteiger partial charge in [-0.05, 0) is 212 Å². The summed E-state index contributed by atoms with van der Waals surface area (Å²) in [5.74, 6) is 3.98. The zero-order valence-corrected chi connectivity index (χ0v) is 57.0. The molecule has 0 amide bonds. The van der Waals surface area contributed by atoms with Crippen molar-refractivity contribution >= 4 is 11.4 Å². The minimum Gasteiger partial charge on any atom is -0.478 e. The first kappa shape index (κ1) is 62.9. The molecule has 0 N–H and O–H groups in total. The zero-order valence-electron chi connectivity index (χ0n) is 57.0. The second kappa shape index (κ2) is 24.7. The van der Waals surface area contributed by atoms with E-state index >= 15 is 0 Å². The standard InChI is InChI=1S/C47H54N2O2.C36H40N2O2/c1-30-18-35(19-31(2)34(30)5)22-36-20-32(3)45(33(4)21-36)49-27-38-24-42(15-17-44(38)51-29-49)47(8,9)40-13-11-12-39(25-40)46(6,7)41-14-16-43-37(23-41)26-48(10)28-50-43;1-25-9-7-12-32(17-25)38-22-27-19-31(14-16-34(27)40-24-38)36(4,5)29-11-8-10-28(20-29)35(2,3)30-13-15-33-26(18-30)21-37(6)23-39-33/h11-21,23-25H,22,26-29H2,1-10H3;7-20H,21-24H2,1-6H3. The number of fused-ring (bicyclic) bond motifs is 4. The van der Waals surface area contributed by atoms with Gasteiger partial charge in [-0.3, -0.25) is 9.80 Å². The van der Waals surface area contributed by atoms with Gasteiger partial charge in [-0.2, -0.15) is 0 Å². The van der Waals surface area contributed by atoms with Crippen LogP contribution >= 0.6 is 0 Å². The minimum absolute atomic E-state index is 0.144. The van der Waals surface area contributed by atoms with Crippen LogP contribution in [0.15, 0.2) is 170 Å². The van der Waals surface area contributed by atoms with Crippen LogP contribution in [-0.2, 0) is 54.3 Å². The van der Waals surface area contributed by atoms with Crippen molar-refractivity contribution < 1.29 is 18.9 Å². The number of aryl methyl sites for hydroxylation is 5. The molecule has 91 heavy (non-hydrogen) atoms. The maximum Gasteiger partial charge on any atom is 0.161 e. The molecule has 0 spiro atoms. The third-order valence-corrected chi connectivity index (χ3v) is 20.6. The van der Waals surface area contributed by atoms with Crippen molar-refractivity contribution in [1.29, 1.82) is 0 Å². The number of hydrogen-bond acceptors (Lipinski definition) is 8. The van der Waals surface area contributed by atoms with E-state index in [4.69, 9.17) is 18.9 Å². The molecular formula is C83H94N4O4. The molecule has 8 nitrogen and oxygen atoms in total. The maximum atomic E-state index is 6.41. The lowest BCUT2D eigenvalue weighted by Crippen LogP contribution is -2.33. The number of nitrogens with zero attached hydrogens (tertiary/aromatic N) is 4. The van der Waals surface area contributed by atoms with Crippen LogP contribution < -0.4 is 28.7 Å².